The zero-order valence-electron chi connectivity index (χ0n) is 10.9. The van der Waals surface area contributed by atoms with Crippen LogP contribution in [0.1, 0.15) is 22.1 Å². The van der Waals surface area contributed by atoms with E-state index in [2.05, 4.69) is 9.71 Å². The zero-order valence-corrected chi connectivity index (χ0v) is 11.7. The van der Waals surface area contributed by atoms with Crippen LogP contribution in [0.25, 0.3) is 0 Å². The predicted octanol–water partition coefficient (Wildman–Crippen LogP) is 0.725. The van der Waals surface area contributed by atoms with Crippen LogP contribution in [0, 0.1) is 0 Å². The maximum atomic E-state index is 12.2. The topological polar surface area (TPSA) is 119 Å². The van der Waals surface area contributed by atoms with Crippen LogP contribution in [0.3, 0.4) is 0 Å². The molecule has 0 saturated carbocycles. The first-order valence-corrected chi connectivity index (χ1v) is 7.52. The fraction of sp³-hybridized carbons (Fsp3) is 0.154. The minimum Gasteiger partial charge on any atom is -0.477 e. The summed E-state index contributed by atoms with van der Waals surface area (Å²) in [6.07, 6.45) is 1.09. The SMILES string of the molecule is O=C(O)c1cc(S(=O)(=O)N[C@@H](CO)c2ccccc2)c[nH]1. The van der Waals surface area contributed by atoms with Gasteiger partial charge in [0.25, 0.3) is 0 Å². The molecule has 112 valence electrons. The monoisotopic (exact) mass is 310 g/mol. The number of aromatic nitrogens is 1. The number of hydrogen-bond acceptors (Lipinski definition) is 4. The van der Waals surface area contributed by atoms with E-state index in [4.69, 9.17) is 5.11 Å². The number of aliphatic hydroxyl groups is 1. The summed E-state index contributed by atoms with van der Waals surface area (Å²) in [7, 11) is -3.94. The van der Waals surface area contributed by atoms with Gasteiger partial charge in [-0.1, -0.05) is 30.3 Å². The average Bonchev–Trinajstić information content (AvgIpc) is 2.96. The average molecular weight is 310 g/mol. The number of carboxylic acids is 1. The maximum absolute atomic E-state index is 12.2. The van der Waals surface area contributed by atoms with Crippen molar-refractivity contribution in [3.8, 4) is 0 Å². The Morgan fingerprint density at radius 2 is 1.95 bits per heavy atom. The Morgan fingerprint density at radius 3 is 2.48 bits per heavy atom. The largest absolute Gasteiger partial charge is 0.477 e. The fourth-order valence-electron chi connectivity index (χ4n) is 1.80. The van der Waals surface area contributed by atoms with Crippen LogP contribution in [0.15, 0.2) is 47.5 Å². The first kappa shape index (κ1) is 15.2. The van der Waals surface area contributed by atoms with E-state index >= 15 is 0 Å². The Bertz CT molecular complexity index is 724. The molecule has 1 aromatic carbocycles. The van der Waals surface area contributed by atoms with Crippen molar-refractivity contribution in [2.24, 2.45) is 0 Å². The Hall–Kier alpha value is -2.16. The van der Waals surface area contributed by atoms with Gasteiger partial charge in [-0.3, -0.25) is 0 Å². The highest BCUT2D eigenvalue weighted by Crippen LogP contribution is 2.17. The molecule has 0 aliphatic heterocycles. The van der Waals surface area contributed by atoms with Crippen molar-refractivity contribution in [3.05, 3.63) is 53.9 Å². The molecule has 0 aliphatic carbocycles. The molecule has 0 unspecified atom stereocenters. The summed E-state index contributed by atoms with van der Waals surface area (Å²) in [6.45, 7) is -0.417. The van der Waals surface area contributed by atoms with Crippen molar-refractivity contribution in [1.29, 1.82) is 0 Å². The van der Waals surface area contributed by atoms with Gasteiger partial charge in [-0.05, 0) is 11.6 Å². The summed E-state index contributed by atoms with van der Waals surface area (Å²) >= 11 is 0. The van der Waals surface area contributed by atoms with Crippen LogP contribution in [0.5, 0.6) is 0 Å². The van der Waals surface area contributed by atoms with E-state index in [1.807, 2.05) is 0 Å². The Labute approximate surface area is 121 Å². The van der Waals surface area contributed by atoms with E-state index < -0.39 is 28.6 Å². The molecule has 2 aromatic rings. The number of carboxylic acid groups (broad SMARTS) is 1. The molecule has 2 rings (SSSR count). The number of rotatable bonds is 6. The molecule has 0 saturated heterocycles. The Balaban J connectivity index is 2.25. The molecule has 0 aliphatic rings. The van der Waals surface area contributed by atoms with Gasteiger partial charge in [0.2, 0.25) is 10.0 Å². The van der Waals surface area contributed by atoms with Gasteiger partial charge in [0.05, 0.1) is 12.6 Å². The van der Waals surface area contributed by atoms with E-state index in [0.29, 0.717) is 5.56 Å². The Morgan fingerprint density at radius 1 is 1.29 bits per heavy atom. The molecule has 21 heavy (non-hydrogen) atoms. The van der Waals surface area contributed by atoms with Crippen LogP contribution in [-0.2, 0) is 10.0 Å². The first-order valence-electron chi connectivity index (χ1n) is 6.04. The molecular weight excluding hydrogens is 296 g/mol. The highest BCUT2D eigenvalue weighted by Gasteiger charge is 2.23. The zero-order chi connectivity index (χ0) is 15.5. The van der Waals surface area contributed by atoms with Gasteiger partial charge in [-0.25, -0.2) is 17.9 Å². The molecule has 0 fully saturated rings. The molecule has 4 N–H and O–H groups in total. The van der Waals surface area contributed by atoms with Gasteiger partial charge in [-0.2, -0.15) is 0 Å². The van der Waals surface area contributed by atoms with Gasteiger partial charge < -0.3 is 15.2 Å². The molecule has 0 radical (unpaired) electrons. The van der Waals surface area contributed by atoms with Crippen molar-refractivity contribution >= 4 is 16.0 Å². The quantitative estimate of drug-likeness (QED) is 0.627. The standard InChI is InChI=1S/C13H14N2O5S/c16-8-12(9-4-2-1-3-5-9)15-21(19,20)10-6-11(13(17)18)14-7-10/h1-7,12,14-16H,8H2,(H,17,18)/t12-/m0/s1. The van der Waals surface area contributed by atoms with Crippen LogP contribution in [0.2, 0.25) is 0 Å². The van der Waals surface area contributed by atoms with E-state index in [-0.39, 0.29) is 10.6 Å². The Kier molecular flexibility index (Phi) is 4.41. The van der Waals surface area contributed by atoms with E-state index in [1.165, 1.54) is 0 Å². The van der Waals surface area contributed by atoms with E-state index in [0.717, 1.165) is 12.3 Å². The highest BCUT2D eigenvalue weighted by atomic mass is 32.2. The fourth-order valence-corrected chi connectivity index (χ4v) is 3.01. The van der Waals surface area contributed by atoms with Gasteiger partial charge in [0.1, 0.15) is 10.6 Å². The summed E-state index contributed by atoms with van der Waals surface area (Å²) in [5.74, 6) is -1.25. The molecular formula is C13H14N2O5S. The van der Waals surface area contributed by atoms with Gasteiger partial charge in [-0.15, -0.1) is 0 Å². The molecule has 0 amide bonds. The number of benzene rings is 1. The van der Waals surface area contributed by atoms with E-state index in [1.54, 1.807) is 30.3 Å². The normalized spacial score (nSPS) is 13.0. The first-order chi connectivity index (χ1) is 9.94. The van der Waals surface area contributed by atoms with Crippen molar-refractivity contribution in [2.75, 3.05) is 6.61 Å². The van der Waals surface area contributed by atoms with Crippen LogP contribution >= 0.6 is 0 Å². The molecule has 1 aromatic heterocycles. The number of aliphatic hydroxyl groups excluding tert-OH is 1. The number of aromatic carboxylic acids is 1. The van der Waals surface area contributed by atoms with Crippen LogP contribution < -0.4 is 4.72 Å². The molecule has 8 heteroatoms. The maximum Gasteiger partial charge on any atom is 0.352 e. The third kappa shape index (κ3) is 3.48. The smallest absolute Gasteiger partial charge is 0.352 e. The molecule has 0 spiro atoms. The minimum absolute atomic E-state index is 0.200. The lowest BCUT2D eigenvalue weighted by atomic mass is 10.1. The van der Waals surface area contributed by atoms with Gasteiger partial charge >= 0.3 is 5.97 Å². The predicted molar refractivity (Wildman–Crippen MR) is 74.3 cm³/mol. The minimum atomic E-state index is -3.94. The second kappa shape index (κ2) is 6.08. The number of aromatic amines is 1. The van der Waals surface area contributed by atoms with E-state index in [9.17, 15) is 18.3 Å². The molecule has 1 heterocycles. The molecule has 0 bridgehead atoms. The van der Waals surface area contributed by atoms with Crippen molar-refractivity contribution in [3.63, 3.8) is 0 Å². The summed E-state index contributed by atoms with van der Waals surface area (Å²) in [5, 5.41) is 18.1. The summed E-state index contributed by atoms with van der Waals surface area (Å²) in [4.78, 5) is 12.9. The highest BCUT2D eigenvalue weighted by molar-refractivity contribution is 7.89. The number of carbonyl (C=O) groups is 1. The van der Waals surface area contributed by atoms with Crippen LogP contribution in [0.4, 0.5) is 0 Å². The molecule has 1 atom stereocenters. The number of sulfonamides is 1. The lowest BCUT2D eigenvalue weighted by Gasteiger charge is -2.16. The third-order valence-electron chi connectivity index (χ3n) is 2.88. The summed E-state index contributed by atoms with van der Waals surface area (Å²) in [6, 6.07) is 8.81. The number of hydrogen-bond donors (Lipinski definition) is 4. The summed E-state index contributed by atoms with van der Waals surface area (Å²) < 4.78 is 26.7. The van der Waals surface area contributed by atoms with Gasteiger partial charge in [0.15, 0.2) is 0 Å². The lowest BCUT2D eigenvalue weighted by molar-refractivity contribution is 0.0691. The lowest BCUT2D eigenvalue weighted by Crippen LogP contribution is -2.30. The second-order valence-corrected chi connectivity index (χ2v) is 6.04. The molecule has 7 nitrogen and oxygen atoms in total. The third-order valence-corrected chi connectivity index (χ3v) is 4.33. The van der Waals surface area contributed by atoms with Crippen molar-refractivity contribution in [1.82, 2.24) is 9.71 Å². The summed E-state index contributed by atoms with van der Waals surface area (Å²) in [5.41, 5.74) is 0.383. The van der Waals surface area contributed by atoms with Crippen molar-refractivity contribution in [2.45, 2.75) is 10.9 Å². The van der Waals surface area contributed by atoms with Crippen LogP contribution in [-0.4, -0.2) is 36.2 Å². The number of H-pyrrole nitrogens is 1. The number of nitrogens with one attached hydrogen (secondary N) is 2. The second-order valence-electron chi connectivity index (χ2n) is 4.32. The van der Waals surface area contributed by atoms with Crippen molar-refractivity contribution < 1.29 is 23.4 Å². The van der Waals surface area contributed by atoms with Gasteiger partial charge in [0, 0.05) is 6.20 Å².